The first-order valence-electron chi connectivity index (χ1n) is 6.44. The molecule has 0 amide bonds. The fourth-order valence-corrected chi connectivity index (χ4v) is 2.13. The van der Waals surface area contributed by atoms with E-state index >= 15 is 0 Å². The van der Waals surface area contributed by atoms with Crippen molar-refractivity contribution < 1.29 is 4.74 Å². The lowest BCUT2D eigenvalue weighted by Gasteiger charge is -2.04. The molecule has 0 aliphatic rings. The number of nitrogens with one attached hydrogen (secondary N) is 1. The minimum atomic E-state index is 0.734. The molecule has 0 saturated carbocycles. The molecule has 0 saturated heterocycles. The third-order valence-corrected chi connectivity index (χ3v) is 3.09. The van der Waals surface area contributed by atoms with E-state index in [1.165, 1.54) is 0 Å². The first-order chi connectivity index (χ1) is 9.80. The van der Waals surface area contributed by atoms with Crippen LogP contribution in [0.15, 0.2) is 42.6 Å². The number of ether oxygens (including phenoxy) is 1. The van der Waals surface area contributed by atoms with Gasteiger partial charge in [0.15, 0.2) is 5.65 Å². The number of nitrogens with zero attached hydrogens (tertiary/aromatic N) is 3. The number of hydrogen-bond acceptors (Lipinski definition) is 4. The number of rotatable bonds is 4. The van der Waals surface area contributed by atoms with Crippen LogP contribution >= 0.6 is 0 Å². The van der Waals surface area contributed by atoms with Crippen LogP contribution in [0.4, 0.5) is 0 Å². The summed E-state index contributed by atoms with van der Waals surface area (Å²) in [6.07, 6.45) is 1.94. The Morgan fingerprint density at radius 3 is 2.95 bits per heavy atom. The Morgan fingerprint density at radius 1 is 1.25 bits per heavy atom. The Morgan fingerprint density at radius 2 is 2.15 bits per heavy atom. The van der Waals surface area contributed by atoms with Crippen molar-refractivity contribution in [1.82, 2.24) is 19.9 Å². The van der Waals surface area contributed by atoms with Crippen LogP contribution in [0, 0.1) is 0 Å². The van der Waals surface area contributed by atoms with E-state index in [2.05, 4.69) is 15.4 Å². The molecule has 0 spiro atoms. The predicted molar refractivity (Wildman–Crippen MR) is 77.7 cm³/mol. The van der Waals surface area contributed by atoms with Gasteiger partial charge in [0.05, 0.1) is 24.7 Å². The van der Waals surface area contributed by atoms with Gasteiger partial charge in [0.1, 0.15) is 5.75 Å². The van der Waals surface area contributed by atoms with Gasteiger partial charge in [0, 0.05) is 12.1 Å². The van der Waals surface area contributed by atoms with E-state index in [9.17, 15) is 0 Å². The van der Waals surface area contributed by atoms with E-state index < -0.39 is 0 Å². The molecule has 1 N–H and O–H groups in total. The Labute approximate surface area is 117 Å². The average Bonchev–Trinajstić information content (AvgIpc) is 2.89. The van der Waals surface area contributed by atoms with E-state index in [-0.39, 0.29) is 0 Å². The third-order valence-electron chi connectivity index (χ3n) is 3.09. The standard InChI is InChI=1S/C15H16N4O/c1-16-9-12-10-19-15(17-12)7-6-14(18-19)11-4-3-5-13(8-11)20-2/h3-8,10,16H,9H2,1-2H3. The third kappa shape index (κ3) is 2.35. The molecule has 2 aromatic heterocycles. The molecule has 2 heterocycles. The van der Waals surface area contributed by atoms with Gasteiger partial charge in [-0.15, -0.1) is 0 Å². The lowest BCUT2D eigenvalue weighted by molar-refractivity contribution is 0.415. The highest BCUT2D eigenvalue weighted by atomic mass is 16.5. The smallest absolute Gasteiger partial charge is 0.153 e. The molecule has 20 heavy (non-hydrogen) atoms. The van der Waals surface area contributed by atoms with Crippen LogP contribution in [0.3, 0.4) is 0 Å². The summed E-state index contributed by atoms with van der Waals surface area (Å²) in [6, 6.07) is 11.8. The Bertz CT molecular complexity index is 736. The van der Waals surface area contributed by atoms with Crippen LogP contribution < -0.4 is 10.1 Å². The topological polar surface area (TPSA) is 51.5 Å². The number of methoxy groups -OCH3 is 1. The second-order valence-electron chi connectivity index (χ2n) is 4.52. The summed E-state index contributed by atoms with van der Waals surface area (Å²) in [4.78, 5) is 4.48. The van der Waals surface area contributed by atoms with Crippen LogP contribution in [0.25, 0.3) is 16.9 Å². The van der Waals surface area contributed by atoms with Crippen molar-refractivity contribution in [1.29, 1.82) is 0 Å². The number of fused-ring (bicyclic) bond motifs is 1. The first kappa shape index (κ1) is 12.6. The van der Waals surface area contributed by atoms with Crippen LogP contribution in [0.1, 0.15) is 5.69 Å². The van der Waals surface area contributed by atoms with Crippen LogP contribution in [-0.2, 0) is 6.54 Å². The second kappa shape index (κ2) is 5.30. The second-order valence-corrected chi connectivity index (χ2v) is 4.52. The molecule has 0 unspecified atom stereocenters. The molecule has 5 heteroatoms. The van der Waals surface area contributed by atoms with Gasteiger partial charge in [0.25, 0.3) is 0 Å². The molecular weight excluding hydrogens is 252 g/mol. The molecule has 0 aliphatic carbocycles. The lowest BCUT2D eigenvalue weighted by atomic mass is 10.1. The summed E-state index contributed by atoms with van der Waals surface area (Å²) in [5.74, 6) is 0.825. The number of aromatic nitrogens is 3. The Kier molecular flexibility index (Phi) is 3.35. The minimum Gasteiger partial charge on any atom is -0.497 e. The fourth-order valence-electron chi connectivity index (χ4n) is 2.13. The zero-order chi connectivity index (χ0) is 13.9. The van der Waals surface area contributed by atoms with E-state index in [1.807, 2.05) is 54.2 Å². The minimum absolute atomic E-state index is 0.734. The van der Waals surface area contributed by atoms with E-state index in [0.717, 1.165) is 34.9 Å². The van der Waals surface area contributed by atoms with E-state index in [1.54, 1.807) is 7.11 Å². The molecule has 1 aromatic carbocycles. The summed E-state index contributed by atoms with van der Waals surface area (Å²) in [7, 11) is 3.56. The molecule has 102 valence electrons. The Hall–Kier alpha value is -2.40. The molecule has 3 aromatic rings. The number of hydrogen-bond donors (Lipinski definition) is 1. The fraction of sp³-hybridized carbons (Fsp3) is 0.200. The van der Waals surface area contributed by atoms with Gasteiger partial charge in [-0.1, -0.05) is 12.1 Å². The summed E-state index contributed by atoms with van der Waals surface area (Å²) in [6.45, 7) is 0.734. The van der Waals surface area contributed by atoms with E-state index in [0.29, 0.717) is 0 Å². The molecule has 0 aliphatic heterocycles. The highest BCUT2D eigenvalue weighted by molar-refractivity contribution is 5.62. The van der Waals surface area contributed by atoms with Crippen molar-refractivity contribution >= 4 is 5.65 Å². The van der Waals surface area contributed by atoms with Crippen molar-refractivity contribution in [3.05, 3.63) is 48.3 Å². The molecule has 0 bridgehead atoms. The summed E-state index contributed by atoms with van der Waals surface area (Å²) < 4.78 is 7.05. The van der Waals surface area contributed by atoms with Gasteiger partial charge < -0.3 is 10.1 Å². The molecule has 0 atom stereocenters. The summed E-state index contributed by atoms with van der Waals surface area (Å²) >= 11 is 0. The van der Waals surface area contributed by atoms with Gasteiger partial charge in [-0.05, 0) is 31.3 Å². The maximum absolute atomic E-state index is 5.24. The van der Waals surface area contributed by atoms with E-state index in [4.69, 9.17) is 4.74 Å². The SMILES string of the molecule is CNCc1cn2nc(-c3cccc(OC)c3)ccc2n1. The molecule has 5 nitrogen and oxygen atoms in total. The molecule has 0 fully saturated rings. The predicted octanol–water partition coefficient (Wildman–Crippen LogP) is 2.12. The maximum atomic E-state index is 5.24. The summed E-state index contributed by atoms with van der Waals surface area (Å²) in [5.41, 5.74) is 3.74. The van der Waals surface area contributed by atoms with Crippen molar-refractivity contribution in [3.8, 4) is 17.0 Å². The zero-order valence-corrected chi connectivity index (χ0v) is 11.5. The number of benzene rings is 1. The van der Waals surface area contributed by atoms with Crippen LogP contribution in [0.2, 0.25) is 0 Å². The summed E-state index contributed by atoms with van der Waals surface area (Å²) in [5, 5.41) is 7.68. The van der Waals surface area contributed by atoms with Crippen LogP contribution in [-0.4, -0.2) is 28.8 Å². The lowest BCUT2D eigenvalue weighted by Crippen LogP contribution is -2.04. The van der Waals surface area contributed by atoms with Crippen molar-refractivity contribution in [2.75, 3.05) is 14.2 Å². The number of imidazole rings is 1. The van der Waals surface area contributed by atoms with Gasteiger partial charge in [-0.3, -0.25) is 0 Å². The maximum Gasteiger partial charge on any atom is 0.153 e. The monoisotopic (exact) mass is 268 g/mol. The van der Waals surface area contributed by atoms with Gasteiger partial charge in [0.2, 0.25) is 0 Å². The van der Waals surface area contributed by atoms with Gasteiger partial charge >= 0.3 is 0 Å². The normalized spacial score (nSPS) is 10.9. The average molecular weight is 268 g/mol. The van der Waals surface area contributed by atoms with Crippen molar-refractivity contribution in [2.24, 2.45) is 0 Å². The van der Waals surface area contributed by atoms with Crippen molar-refractivity contribution in [3.63, 3.8) is 0 Å². The first-order valence-corrected chi connectivity index (χ1v) is 6.44. The van der Waals surface area contributed by atoms with Crippen molar-refractivity contribution in [2.45, 2.75) is 6.54 Å². The quantitative estimate of drug-likeness (QED) is 0.787. The van der Waals surface area contributed by atoms with Gasteiger partial charge in [-0.2, -0.15) is 5.10 Å². The highest BCUT2D eigenvalue weighted by Crippen LogP contribution is 2.22. The zero-order valence-electron chi connectivity index (χ0n) is 11.5. The highest BCUT2D eigenvalue weighted by Gasteiger charge is 2.05. The Balaban J connectivity index is 2.03. The molecule has 3 rings (SSSR count). The largest absolute Gasteiger partial charge is 0.497 e. The molecule has 0 radical (unpaired) electrons. The van der Waals surface area contributed by atoms with Gasteiger partial charge in [-0.25, -0.2) is 9.50 Å². The van der Waals surface area contributed by atoms with Crippen LogP contribution in [0.5, 0.6) is 5.75 Å². The molecular formula is C15H16N4O.